The fourth-order valence-electron chi connectivity index (χ4n) is 8.06. The number of rotatable bonds is 5. The van der Waals surface area contributed by atoms with Gasteiger partial charge in [0.2, 0.25) is 0 Å². The summed E-state index contributed by atoms with van der Waals surface area (Å²) in [5.74, 6) is 0.333. The van der Waals surface area contributed by atoms with Crippen LogP contribution in [0.3, 0.4) is 0 Å². The Morgan fingerprint density at radius 2 is 0.980 bits per heavy atom. The number of hydrogen-bond donors (Lipinski definition) is 0. The molecule has 238 valence electrons. The molecule has 0 saturated carbocycles. The van der Waals surface area contributed by atoms with Crippen molar-refractivity contribution in [3.8, 4) is 44.5 Å². The van der Waals surface area contributed by atoms with Crippen LogP contribution in [0.25, 0.3) is 66.1 Å². The predicted molar refractivity (Wildman–Crippen MR) is 213 cm³/mol. The van der Waals surface area contributed by atoms with Gasteiger partial charge in [0, 0.05) is 11.6 Å². The van der Waals surface area contributed by atoms with E-state index in [9.17, 15) is 0 Å². The van der Waals surface area contributed by atoms with E-state index >= 15 is 0 Å². The molecule has 0 fully saturated rings. The van der Waals surface area contributed by atoms with Crippen molar-refractivity contribution in [3.05, 3.63) is 187 Å². The van der Waals surface area contributed by atoms with E-state index in [2.05, 4.69) is 183 Å². The van der Waals surface area contributed by atoms with Gasteiger partial charge in [-0.05, 0) is 109 Å². The van der Waals surface area contributed by atoms with Crippen LogP contribution in [-0.2, 0) is 6.42 Å². The van der Waals surface area contributed by atoms with Crippen LogP contribution < -0.4 is 0 Å². The molecule has 0 aromatic heterocycles. The first-order chi connectivity index (χ1) is 24.7. The molecule has 0 spiro atoms. The zero-order valence-electron chi connectivity index (χ0n) is 28.2. The van der Waals surface area contributed by atoms with Gasteiger partial charge in [-0.15, -0.1) is 0 Å². The molecule has 1 heterocycles. The Bertz CT molecular complexity index is 2470. The highest BCUT2D eigenvalue weighted by molar-refractivity contribution is 6.22. The highest BCUT2D eigenvalue weighted by Crippen LogP contribution is 2.47. The third-order valence-electron chi connectivity index (χ3n) is 10.5. The predicted octanol–water partition coefficient (Wildman–Crippen LogP) is 13.5. The van der Waals surface area contributed by atoms with E-state index in [4.69, 9.17) is 4.99 Å². The van der Waals surface area contributed by atoms with Crippen LogP contribution in [0, 0.1) is 0 Å². The summed E-state index contributed by atoms with van der Waals surface area (Å²) < 4.78 is 0. The first kappa shape index (κ1) is 30.0. The van der Waals surface area contributed by atoms with Gasteiger partial charge in [-0.3, -0.25) is 4.99 Å². The van der Waals surface area contributed by atoms with Gasteiger partial charge in [0.15, 0.2) is 0 Å². The number of nitrogens with zero attached hydrogens (tertiary/aromatic N) is 1. The molecule has 0 N–H and O–H groups in total. The Kier molecular flexibility index (Phi) is 7.67. The van der Waals surface area contributed by atoms with Crippen molar-refractivity contribution < 1.29 is 0 Å². The molecule has 1 aliphatic heterocycles. The summed E-state index contributed by atoms with van der Waals surface area (Å²) in [7, 11) is 0. The normalized spacial score (nSPS) is 14.3. The summed E-state index contributed by atoms with van der Waals surface area (Å²) in [6.45, 7) is 2.20. The molecular formula is C49H37N. The molecule has 1 heteroatoms. The van der Waals surface area contributed by atoms with Gasteiger partial charge < -0.3 is 0 Å². The molecule has 0 aliphatic carbocycles. The lowest BCUT2D eigenvalue weighted by Gasteiger charge is -2.20. The Morgan fingerprint density at radius 1 is 0.440 bits per heavy atom. The van der Waals surface area contributed by atoms with Crippen LogP contribution in [0.15, 0.2) is 181 Å². The van der Waals surface area contributed by atoms with E-state index in [1.807, 2.05) is 0 Å². The Labute approximate surface area is 294 Å². The molecule has 8 aromatic carbocycles. The van der Waals surface area contributed by atoms with E-state index < -0.39 is 0 Å². The van der Waals surface area contributed by atoms with E-state index in [1.54, 1.807) is 0 Å². The van der Waals surface area contributed by atoms with Gasteiger partial charge in [0.25, 0.3) is 0 Å². The van der Waals surface area contributed by atoms with Crippen LogP contribution in [0.2, 0.25) is 0 Å². The van der Waals surface area contributed by atoms with Crippen molar-refractivity contribution in [1.29, 1.82) is 0 Å². The molecule has 1 nitrogen and oxygen atoms in total. The van der Waals surface area contributed by atoms with E-state index in [0.29, 0.717) is 5.92 Å². The molecular weight excluding hydrogens is 603 g/mol. The fourth-order valence-corrected chi connectivity index (χ4v) is 8.06. The summed E-state index contributed by atoms with van der Waals surface area (Å²) in [5, 5.41) is 5.02. The third kappa shape index (κ3) is 5.32. The maximum Gasteiger partial charge on any atom is 0.0667 e. The van der Waals surface area contributed by atoms with E-state index in [0.717, 1.165) is 18.5 Å². The first-order valence-corrected chi connectivity index (χ1v) is 17.6. The molecule has 1 aliphatic rings. The SMILES string of the molecule is CC1=Nc2cc(-c3c4ccccc4c(-c4ccc(-c5ccccc5)cc4-c4ccccc4)c4ccccc34)ccc2CCC1c1ccccc1. The number of hydrogen-bond acceptors (Lipinski definition) is 1. The molecule has 0 saturated heterocycles. The molecule has 0 radical (unpaired) electrons. The van der Waals surface area contributed by atoms with Crippen LogP contribution in [0.4, 0.5) is 5.69 Å². The van der Waals surface area contributed by atoms with Gasteiger partial charge >= 0.3 is 0 Å². The summed E-state index contributed by atoms with van der Waals surface area (Å²) in [6.07, 6.45) is 2.08. The summed E-state index contributed by atoms with van der Waals surface area (Å²) in [5.41, 5.74) is 14.8. The zero-order chi connectivity index (χ0) is 33.4. The molecule has 0 bridgehead atoms. The van der Waals surface area contributed by atoms with Crippen molar-refractivity contribution in [1.82, 2.24) is 0 Å². The largest absolute Gasteiger partial charge is 0.257 e. The Morgan fingerprint density at radius 3 is 1.62 bits per heavy atom. The fraction of sp³-hybridized carbons (Fsp3) is 0.0816. The van der Waals surface area contributed by atoms with Crippen molar-refractivity contribution in [2.45, 2.75) is 25.7 Å². The van der Waals surface area contributed by atoms with Gasteiger partial charge in [-0.1, -0.05) is 164 Å². The van der Waals surface area contributed by atoms with Crippen LogP contribution in [0.5, 0.6) is 0 Å². The summed E-state index contributed by atoms with van der Waals surface area (Å²) in [6, 6.07) is 64.2. The lowest BCUT2D eigenvalue weighted by Crippen LogP contribution is -2.08. The second-order valence-corrected chi connectivity index (χ2v) is 13.4. The zero-order valence-corrected chi connectivity index (χ0v) is 28.2. The van der Waals surface area contributed by atoms with Gasteiger partial charge in [-0.2, -0.15) is 0 Å². The molecule has 1 unspecified atom stereocenters. The second-order valence-electron chi connectivity index (χ2n) is 13.4. The van der Waals surface area contributed by atoms with Crippen molar-refractivity contribution in [2.24, 2.45) is 4.99 Å². The topological polar surface area (TPSA) is 12.4 Å². The van der Waals surface area contributed by atoms with Crippen molar-refractivity contribution in [3.63, 3.8) is 0 Å². The highest BCUT2D eigenvalue weighted by atomic mass is 14.8. The number of fused-ring (bicyclic) bond motifs is 3. The quantitative estimate of drug-likeness (QED) is 0.166. The Hall–Kier alpha value is -6.05. The standard InChI is InChI=1S/C49H37N/c1-33-40(35-17-7-3-8-18-35)29-27-37-25-26-39(32-47(37)50-33)48-41-21-11-13-23-43(41)49(44-24-14-12-22-42(44)48)45-30-28-38(34-15-5-2-6-16-34)31-46(45)36-19-9-4-10-20-36/h2-26,28,30-32,40H,27,29H2,1H3. The smallest absolute Gasteiger partial charge is 0.0667 e. The lowest BCUT2D eigenvalue weighted by molar-refractivity contribution is 0.773. The Balaban J connectivity index is 1.27. The minimum atomic E-state index is 0.333. The third-order valence-corrected chi connectivity index (χ3v) is 10.5. The molecule has 8 aromatic rings. The number of aryl methyl sites for hydroxylation is 1. The van der Waals surface area contributed by atoms with Crippen LogP contribution in [0.1, 0.15) is 30.4 Å². The van der Waals surface area contributed by atoms with Crippen LogP contribution in [-0.4, -0.2) is 5.71 Å². The minimum Gasteiger partial charge on any atom is -0.257 e. The van der Waals surface area contributed by atoms with Gasteiger partial charge in [0.05, 0.1) is 5.69 Å². The molecule has 0 amide bonds. The maximum absolute atomic E-state index is 5.30. The molecule has 1 atom stereocenters. The molecule has 9 rings (SSSR count). The summed E-state index contributed by atoms with van der Waals surface area (Å²) in [4.78, 5) is 5.30. The summed E-state index contributed by atoms with van der Waals surface area (Å²) >= 11 is 0. The van der Waals surface area contributed by atoms with Crippen LogP contribution >= 0.6 is 0 Å². The average Bonchev–Trinajstić information content (AvgIpc) is 3.35. The lowest BCUT2D eigenvalue weighted by atomic mass is 9.83. The van der Waals surface area contributed by atoms with Crippen molar-refractivity contribution in [2.75, 3.05) is 0 Å². The monoisotopic (exact) mass is 639 g/mol. The van der Waals surface area contributed by atoms with E-state index in [-0.39, 0.29) is 0 Å². The maximum atomic E-state index is 5.30. The van der Waals surface area contributed by atoms with Crippen molar-refractivity contribution >= 4 is 32.9 Å². The van der Waals surface area contributed by atoms with Gasteiger partial charge in [0.1, 0.15) is 0 Å². The highest BCUT2D eigenvalue weighted by Gasteiger charge is 2.22. The molecule has 50 heavy (non-hydrogen) atoms. The minimum absolute atomic E-state index is 0.333. The van der Waals surface area contributed by atoms with E-state index in [1.165, 1.54) is 82.9 Å². The number of aliphatic imine (C=N–C) groups is 1. The number of benzene rings is 8. The first-order valence-electron chi connectivity index (χ1n) is 17.6. The second kappa shape index (κ2) is 12.8. The van der Waals surface area contributed by atoms with Gasteiger partial charge in [-0.25, -0.2) is 0 Å². The average molecular weight is 640 g/mol.